The fraction of sp³-hybridized carbons (Fsp3) is 0.419. The molecule has 1 N–H and O–H groups in total. The predicted octanol–water partition coefficient (Wildman–Crippen LogP) is 5.23. The van der Waals surface area contributed by atoms with Gasteiger partial charge in [0.15, 0.2) is 0 Å². The van der Waals surface area contributed by atoms with E-state index >= 15 is 0 Å². The molecule has 1 aromatic carbocycles. The van der Waals surface area contributed by atoms with E-state index in [9.17, 15) is 4.79 Å². The maximum absolute atomic E-state index is 12.6. The highest BCUT2D eigenvalue weighted by Crippen LogP contribution is 2.31. The van der Waals surface area contributed by atoms with Gasteiger partial charge in [0.1, 0.15) is 11.6 Å². The number of hydrogen-bond acceptors (Lipinski definition) is 7. The van der Waals surface area contributed by atoms with E-state index in [-0.39, 0.29) is 18.4 Å². The van der Waals surface area contributed by atoms with Crippen molar-refractivity contribution in [1.82, 2.24) is 19.7 Å². The molecule has 0 amide bonds. The number of carbonyl (C=O) groups is 1. The number of rotatable bonds is 9. The first-order valence-corrected chi connectivity index (χ1v) is 14.1. The van der Waals surface area contributed by atoms with Crippen LogP contribution in [0.5, 0.6) is 5.75 Å². The minimum atomic E-state index is -0.317. The second kappa shape index (κ2) is 11.4. The van der Waals surface area contributed by atoms with E-state index < -0.39 is 0 Å². The van der Waals surface area contributed by atoms with Gasteiger partial charge in [0.05, 0.1) is 37.4 Å². The molecule has 0 bridgehead atoms. The smallest absolute Gasteiger partial charge is 0.308 e. The fourth-order valence-electron chi connectivity index (χ4n) is 5.68. The van der Waals surface area contributed by atoms with Crippen LogP contribution in [0.15, 0.2) is 48.8 Å². The Bertz CT molecular complexity index is 1480. The maximum Gasteiger partial charge on any atom is 0.308 e. The van der Waals surface area contributed by atoms with Gasteiger partial charge in [-0.25, -0.2) is 4.98 Å². The third-order valence-electron chi connectivity index (χ3n) is 7.68. The van der Waals surface area contributed by atoms with E-state index in [0.29, 0.717) is 13.2 Å². The zero-order valence-corrected chi connectivity index (χ0v) is 22.5. The Hall–Kier alpha value is -3.94. The quantitative estimate of drug-likeness (QED) is 0.299. The van der Waals surface area contributed by atoms with Crippen molar-refractivity contribution in [3.05, 3.63) is 76.9 Å². The van der Waals surface area contributed by atoms with Crippen molar-refractivity contribution in [1.29, 1.82) is 0 Å². The molecule has 4 aromatic rings. The molecule has 0 fully saturated rings. The third kappa shape index (κ3) is 5.60. The average Bonchev–Trinajstić information content (AvgIpc) is 3.39. The Labute approximate surface area is 228 Å². The molecule has 1 aliphatic heterocycles. The molecule has 0 saturated carbocycles. The second-order valence-corrected chi connectivity index (χ2v) is 10.4. The maximum atomic E-state index is 12.6. The van der Waals surface area contributed by atoms with Crippen LogP contribution in [0.1, 0.15) is 66.7 Å². The summed E-state index contributed by atoms with van der Waals surface area (Å²) in [7, 11) is 0. The summed E-state index contributed by atoms with van der Waals surface area (Å²) in [5.41, 5.74) is 6.80. The van der Waals surface area contributed by atoms with Gasteiger partial charge in [-0.1, -0.05) is 6.07 Å². The van der Waals surface area contributed by atoms with Crippen LogP contribution < -0.4 is 10.1 Å². The topological polar surface area (TPSA) is 91.2 Å². The van der Waals surface area contributed by atoms with E-state index in [4.69, 9.17) is 19.6 Å². The standard InChI is InChI=1S/C31H35N5O3/c1-2-38-30(37)18-29(23-16-22-7-5-14-32-31(22)33-19-23)36-28-12-11-26(17-24(28)20-34-36)39-15-13-25-10-9-21-6-3-4-8-27(21)35-25/h9-12,16-17,19-20,29H,2-8,13-15,18H2,1H3,(H,32,33). The van der Waals surface area contributed by atoms with Crippen molar-refractivity contribution in [2.75, 3.05) is 25.1 Å². The van der Waals surface area contributed by atoms with Gasteiger partial charge < -0.3 is 14.8 Å². The molecule has 8 nitrogen and oxygen atoms in total. The van der Waals surface area contributed by atoms with Gasteiger partial charge in [-0.2, -0.15) is 5.10 Å². The minimum Gasteiger partial charge on any atom is -0.493 e. The lowest BCUT2D eigenvalue weighted by molar-refractivity contribution is -0.143. The fourth-order valence-corrected chi connectivity index (χ4v) is 5.68. The molecule has 4 heterocycles. The molecular weight excluding hydrogens is 490 g/mol. The SMILES string of the molecule is CCOC(=O)CC(c1cnc2c(c1)CCCN2)n1ncc2cc(OCCc3ccc4c(n3)CCCC4)ccc21. The van der Waals surface area contributed by atoms with Crippen molar-refractivity contribution in [3.63, 3.8) is 0 Å². The number of carbonyl (C=O) groups excluding carboxylic acids is 1. The van der Waals surface area contributed by atoms with Crippen molar-refractivity contribution in [3.8, 4) is 5.75 Å². The van der Waals surface area contributed by atoms with E-state index in [0.717, 1.165) is 72.4 Å². The second-order valence-electron chi connectivity index (χ2n) is 10.4. The number of aryl methyl sites for hydroxylation is 3. The molecule has 1 unspecified atom stereocenters. The van der Waals surface area contributed by atoms with Gasteiger partial charge in [-0.3, -0.25) is 14.5 Å². The summed E-state index contributed by atoms with van der Waals surface area (Å²) in [5, 5.41) is 9.02. The van der Waals surface area contributed by atoms with Gasteiger partial charge in [-0.15, -0.1) is 0 Å². The number of nitrogens with one attached hydrogen (secondary N) is 1. The van der Waals surface area contributed by atoms with E-state index in [1.807, 2.05) is 42.2 Å². The first-order valence-electron chi connectivity index (χ1n) is 14.1. The summed E-state index contributed by atoms with van der Waals surface area (Å²) >= 11 is 0. The number of nitrogens with zero attached hydrogens (tertiary/aromatic N) is 4. The van der Waals surface area contributed by atoms with E-state index in [1.54, 1.807) is 0 Å². The number of aromatic nitrogens is 4. The van der Waals surface area contributed by atoms with E-state index in [2.05, 4.69) is 28.5 Å². The molecule has 6 rings (SSSR count). The van der Waals surface area contributed by atoms with Gasteiger partial charge in [0.2, 0.25) is 0 Å². The number of benzene rings is 1. The molecule has 1 aliphatic carbocycles. The molecule has 1 atom stereocenters. The van der Waals surface area contributed by atoms with Crippen LogP contribution in [0.3, 0.4) is 0 Å². The highest BCUT2D eigenvalue weighted by molar-refractivity contribution is 5.81. The van der Waals surface area contributed by atoms with Crippen molar-refractivity contribution < 1.29 is 14.3 Å². The first-order chi connectivity index (χ1) is 19.2. The molecule has 39 heavy (non-hydrogen) atoms. The lowest BCUT2D eigenvalue weighted by atomic mass is 9.96. The summed E-state index contributed by atoms with van der Waals surface area (Å²) in [6.45, 7) is 3.67. The summed E-state index contributed by atoms with van der Waals surface area (Å²) in [6, 6.07) is 12.2. The zero-order valence-electron chi connectivity index (χ0n) is 22.5. The number of hydrogen-bond donors (Lipinski definition) is 1. The number of esters is 1. The van der Waals surface area contributed by atoms with Gasteiger partial charge in [0.25, 0.3) is 0 Å². The monoisotopic (exact) mass is 525 g/mol. The summed E-state index contributed by atoms with van der Waals surface area (Å²) < 4.78 is 13.3. The molecule has 0 spiro atoms. The van der Waals surface area contributed by atoms with Crippen LogP contribution in [-0.4, -0.2) is 45.5 Å². The number of anilines is 1. The Morgan fingerprint density at radius 2 is 1.95 bits per heavy atom. The van der Waals surface area contributed by atoms with Crippen LogP contribution in [0.4, 0.5) is 5.82 Å². The van der Waals surface area contributed by atoms with Gasteiger partial charge in [0, 0.05) is 35.9 Å². The van der Waals surface area contributed by atoms with Crippen LogP contribution in [0, 0.1) is 0 Å². The lowest BCUT2D eigenvalue weighted by Crippen LogP contribution is -2.20. The van der Waals surface area contributed by atoms with Gasteiger partial charge >= 0.3 is 5.97 Å². The molecular formula is C31H35N5O3. The molecule has 202 valence electrons. The average molecular weight is 526 g/mol. The molecule has 2 aliphatic rings. The largest absolute Gasteiger partial charge is 0.493 e. The van der Waals surface area contributed by atoms with Crippen LogP contribution >= 0.6 is 0 Å². The zero-order chi connectivity index (χ0) is 26.6. The van der Waals surface area contributed by atoms with Crippen molar-refractivity contribution in [2.45, 2.75) is 64.3 Å². The normalized spacial score (nSPS) is 15.2. The predicted molar refractivity (Wildman–Crippen MR) is 150 cm³/mol. The first kappa shape index (κ1) is 25.3. The number of ether oxygens (including phenoxy) is 2. The Morgan fingerprint density at radius 3 is 2.87 bits per heavy atom. The Balaban J connectivity index is 1.20. The minimum absolute atomic E-state index is 0.185. The van der Waals surface area contributed by atoms with Crippen molar-refractivity contribution in [2.24, 2.45) is 0 Å². The van der Waals surface area contributed by atoms with Crippen LogP contribution in [-0.2, 0) is 35.2 Å². The summed E-state index contributed by atoms with van der Waals surface area (Å²) in [4.78, 5) is 22.1. The Morgan fingerprint density at radius 1 is 1.05 bits per heavy atom. The summed E-state index contributed by atoms with van der Waals surface area (Å²) in [6.07, 6.45) is 11.4. The summed E-state index contributed by atoms with van der Waals surface area (Å²) in [5.74, 6) is 1.47. The third-order valence-corrected chi connectivity index (χ3v) is 7.68. The molecule has 3 aromatic heterocycles. The Kier molecular flexibility index (Phi) is 7.43. The number of pyridine rings is 2. The number of fused-ring (bicyclic) bond motifs is 3. The molecule has 8 heteroatoms. The molecule has 0 saturated heterocycles. The highest BCUT2D eigenvalue weighted by Gasteiger charge is 2.24. The molecule has 0 radical (unpaired) electrons. The van der Waals surface area contributed by atoms with Gasteiger partial charge in [-0.05, 0) is 92.5 Å². The lowest BCUT2D eigenvalue weighted by Gasteiger charge is -2.22. The van der Waals surface area contributed by atoms with Crippen molar-refractivity contribution >= 4 is 22.7 Å². The van der Waals surface area contributed by atoms with Crippen LogP contribution in [0.2, 0.25) is 0 Å². The van der Waals surface area contributed by atoms with E-state index in [1.165, 1.54) is 29.7 Å². The highest BCUT2D eigenvalue weighted by atomic mass is 16.5. The van der Waals surface area contributed by atoms with Crippen LogP contribution in [0.25, 0.3) is 10.9 Å².